The van der Waals surface area contributed by atoms with Crippen LogP contribution in [-0.4, -0.2) is 33.2 Å². The monoisotopic (exact) mass is 379 g/mol. The Morgan fingerprint density at radius 3 is 2.65 bits per heavy atom. The molecule has 0 spiro atoms. The average Bonchev–Trinajstić information content (AvgIpc) is 3.08. The Balaban J connectivity index is 1.94. The highest BCUT2D eigenvalue weighted by atomic mass is 35.5. The number of rotatable bonds is 5. The van der Waals surface area contributed by atoms with E-state index in [1.807, 2.05) is 0 Å². The van der Waals surface area contributed by atoms with Crippen molar-refractivity contribution in [2.24, 2.45) is 4.99 Å². The van der Waals surface area contributed by atoms with Gasteiger partial charge in [-0.25, -0.2) is 20.1 Å². The van der Waals surface area contributed by atoms with Crippen molar-refractivity contribution in [2.75, 3.05) is 0 Å². The summed E-state index contributed by atoms with van der Waals surface area (Å²) in [6.07, 6.45) is -1.44. The molecule has 11 heteroatoms. The van der Waals surface area contributed by atoms with Crippen molar-refractivity contribution in [3.63, 3.8) is 0 Å². The summed E-state index contributed by atoms with van der Waals surface area (Å²) in [6, 6.07) is 7.91. The van der Waals surface area contributed by atoms with Gasteiger partial charge in [0.25, 0.3) is 6.23 Å². The van der Waals surface area contributed by atoms with E-state index in [0.717, 1.165) is 6.07 Å². The fraction of sp³-hybridized carbons (Fsp3) is 0.0667. The van der Waals surface area contributed by atoms with Crippen LogP contribution in [-0.2, 0) is 9.63 Å². The van der Waals surface area contributed by atoms with E-state index >= 15 is 0 Å². The number of amidine groups is 1. The van der Waals surface area contributed by atoms with Gasteiger partial charge >= 0.3 is 11.7 Å². The first kappa shape index (κ1) is 17.5. The number of nitro groups is 1. The second-order valence-corrected chi connectivity index (χ2v) is 5.48. The van der Waals surface area contributed by atoms with Crippen LogP contribution in [0.5, 0.6) is 17.2 Å². The van der Waals surface area contributed by atoms with E-state index in [2.05, 4.69) is 10.5 Å². The van der Waals surface area contributed by atoms with E-state index in [4.69, 9.17) is 26.3 Å². The van der Waals surface area contributed by atoms with Crippen molar-refractivity contribution in [3.8, 4) is 17.2 Å². The number of aliphatic imine (C=N–C) groups is 1. The van der Waals surface area contributed by atoms with Gasteiger partial charge in [-0.1, -0.05) is 11.6 Å². The van der Waals surface area contributed by atoms with E-state index < -0.39 is 22.8 Å². The summed E-state index contributed by atoms with van der Waals surface area (Å²) < 4.78 is 5.40. The summed E-state index contributed by atoms with van der Waals surface area (Å²) >= 11 is 5.73. The van der Waals surface area contributed by atoms with Crippen LogP contribution in [0, 0.1) is 10.1 Å². The van der Waals surface area contributed by atoms with Gasteiger partial charge in [-0.3, -0.25) is 10.1 Å². The van der Waals surface area contributed by atoms with Crippen LogP contribution in [0.3, 0.4) is 0 Å². The normalized spacial score (nSPS) is 15.9. The second kappa shape index (κ2) is 6.86. The predicted octanol–water partition coefficient (Wildman–Crippen LogP) is 2.44. The van der Waals surface area contributed by atoms with Crippen LogP contribution >= 0.6 is 11.6 Å². The molecule has 0 aromatic heterocycles. The Morgan fingerprint density at radius 1 is 1.31 bits per heavy atom. The van der Waals surface area contributed by atoms with Crippen LogP contribution in [0.1, 0.15) is 5.56 Å². The summed E-state index contributed by atoms with van der Waals surface area (Å²) in [6.45, 7) is 0. The number of benzene rings is 2. The number of nitro benzene ring substituents is 1. The first-order valence-electron chi connectivity index (χ1n) is 7.02. The largest absolute Gasteiger partial charge is 0.504 e. The van der Waals surface area contributed by atoms with Gasteiger partial charge in [0.2, 0.25) is 5.75 Å². The molecular formula is C15H10ClN3O7. The van der Waals surface area contributed by atoms with Crippen LogP contribution in [0.25, 0.3) is 0 Å². The molecule has 0 amide bonds. The average molecular weight is 380 g/mol. The van der Waals surface area contributed by atoms with E-state index in [1.165, 1.54) is 30.3 Å². The minimum Gasteiger partial charge on any atom is -0.504 e. The number of hydroxylamine groups is 1. The van der Waals surface area contributed by atoms with Gasteiger partial charge in [0.1, 0.15) is 0 Å². The smallest absolute Gasteiger partial charge is 0.358 e. The Bertz CT molecular complexity index is 931. The lowest BCUT2D eigenvalue weighted by molar-refractivity contribution is -0.385. The van der Waals surface area contributed by atoms with Gasteiger partial charge in [-0.2, -0.15) is 0 Å². The molecule has 0 saturated carbocycles. The predicted molar refractivity (Wildman–Crippen MR) is 88.5 cm³/mol. The zero-order chi connectivity index (χ0) is 18.8. The standard InChI is InChI=1S/C15H10ClN3O7/c16-8-2-4-12(10(20)6-8)25-11-3-1-7(5-9(11)19(23)24)13-17-14(15(21)22)26-18-13/h1-6,14,20H,(H,17,18)(H,21,22). The van der Waals surface area contributed by atoms with Gasteiger partial charge in [0, 0.05) is 22.7 Å². The number of hydrogen-bond donors (Lipinski definition) is 3. The molecule has 1 aliphatic rings. The van der Waals surface area contributed by atoms with Crippen LogP contribution in [0.15, 0.2) is 41.4 Å². The van der Waals surface area contributed by atoms with Crippen molar-refractivity contribution in [1.82, 2.24) is 5.48 Å². The van der Waals surface area contributed by atoms with Crippen molar-refractivity contribution < 1.29 is 29.5 Å². The molecule has 10 nitrogen and oxygen atoms in total. The topological polar surface area (TPSA) is 144 Å². The van der Waals surface area contributed by atoms with E-state index in [0.29, 0.717) is 0 Å². The lowest BCUT2D eigenvalue weighted by Crippen LogP contribution is -2.23. The second-order valence-electron chi connectivity index (χ2n) is 5.04. The molecule has 1 aliphatic heterocycles. The van der Waals surface area contributed by atoms with Crippen molar-refractivity contribution in [3.05, 3.63) is 57.1 Å². The number of carboxylic acids is 1. The fourth-order valence-electron chi connectivity index (χ4n) is 2.11. The minimum atomic E-state index is -1.44. The molecule has 1 atom stereocenters. The van der Waals surface area contributed by atoms with Crippen molar-refractivity contribution in [2.45, 2.75) is 6.23 Å². The number of hydrogen-bond acceptors (Lipinski definition) is 8. The molecule has 2 aromatic carbocycles. The number of carboxylic acid groups (broad SMARTS) is 1. The van der Waals surface area contributed by atoms with Crippen LogP contribution < -0.4 is 10.2 Å². The van der Waals surface area contributed by atoms with Gasteiger partial charge in [-0.15, -0.1) is 0 Å². The van der Waals surface area contributed by atoms with Gasteiger partial charge in [0.15, 0.2) is 17.3 Å². The van der Waals surface area contributed by atoms with E-state index in [9.17, 15) is 20.0 Å². The third kappa shape index (κ3) is 3.50. The van der Waals surface area contributed by atoms with Crippen LogP contribution in [0.4, 0.5) is 5.69 Å². The molecule has 1 unspecified atom stereocenters. The Hall–Kier alpha value is -3.37. The van der Waals surface area contributed by atoms with Crippen molar-refractivity contribution >= 4 is 29.1 Å². The molecule has 134 valence electrons. The molecule has 0 radical (unpaired) electrons. The Kier molecular flexibility index (Phi) is 4.61. The molecule has 0 saturated heterocycles. The number of aliphatic carboxylic acids is 1. The zero-order valence-electron chi connectivity index (χ0n) is 12.7. The molecular weight excluding hydrogens is 370 g/mol. The maximum atomic E-state index is 11.3. The molecule has 26 heavy (non-hydrogen) atoms. The summed E-state index contributed by atoms with van der Waals surface area (Å²) in [5.74, 6) is -1.71. The highest BCUT2D eigenvalue weighted by Gasteiger charge is 2.27. The SMILES string of the molecule is O=C(O)C1N=C(c2ccc(Oc3ccc(Cl)cc3O)c([N+](=O)[O-])c2)NO1. The van der Waals surface area contributed by atoms with E-state index in [1.54, 1.807) is 0 Å². The minimum absolute atomic E-state index is 0.0177. The maximum Gasteiger partial charge on any atom is 0.358 e. The fourth-order valence-corrected chi connectivity index (χ4v) is 2.28. The molecule has 0 aliphatic carbocycles. The number of ether oxygens (including phenoxy) is 1. The number of phenolic OH excluding ortho intramolecular Hbond substituents is 1. The highest BCUT2D eigenvalue weighted by molar-refractivity contribution is 6.30. The number of carbonyl (C=O) groups is 1. The third-order valence-corrected chi connectivity index (χ3v) is 3.53. The third-order valence-electron chi connectivity index (χ3n) is 3.29. The summed E-state index contributed by atoms with van der Waals surface area (Å²) in [5, 5.41) is 30.3. The lowest BCUT2D eigenvalue weighted by atomic mass is 10.1. The summed E-state index contributed by atoms with van der Waals surface area (Å²) in [7, 11) is 0. The van der Waals surface area contributed by atoms with E-state index in [-0.39, 0.29) is 33.7 Å². The Morgan fingerprint density at radius 2 is 2.04 bits per heavy atom. The maximum absolute atomic E-state index is 11.3. The molecule has 0 fully saturated rings. The molecule has 0 bridgehead atoms. The molecule has 1 heterocycles. The van der Waals surface area contributed by atoms with Gasteiger partial charge < -0.3 is 14.9 Å². The van der Waals surface area contributed by atoms with Crippen molar-refractivity contribution in [1.29, 1.82) is 0 Å². The zero-order valence-corrected chi connectivity index (χ0v) is 13.5. The lowest BCUT2D eigenvalue weighted by Gasteiger charge is -2.09. The molecule has 3 rings (SSSR count). The number of nitrogens with zero attached hydrogens (tertiary/aromatic N) is 2. The van der Waals surface area contributed by atoms with Crippen LogP contribution in [0.2, 0.25) is 5.02 Å². The number of aromatic hydroxyl groups is 1. The first-order chi connectivity index (χ1) is 12.3. The highest BCUT2D eigenvalue weighted by Crippen LogP contribution is 2.37. The Labute approximate surface area is 150 Å². The quantitative estimate of drug-likeness (QED) is 0.530. The first-order valence-corrected chi connectivity index (χ1v) is 7.40. The molecule has 2 aromatic rings. The summed E-state index contributed by atoms with van der Waals surface area (Å²) in [5.41, 5.74) is 2.12. The number of phenols is 1. The number of halogens is 1. The number of nitrogens with one attached hydrogen (secondary N) is 1. The summed E-state index contributed by atoms with van der Waals surface area (Å²) in [4.78, 5) is 30.0. The van der Waals surface area contributed by atoms with Gasteiger partial charge in [-0.05, 0) is 24.3 Å². The molecule has 3 N–H and O–H groups in total. The van der Waals surface area contributed by atoms with Gasteiger partial charge in [0.05, 0.1) is 4.92 Å².